The smallest absolute Gasteiger partial charge is 0.165 e. The lowest BCUT2D eigenvalue weighted by molar-refractivity contribution is 0.444. The van der Waals surface area contributed by atoms with Crippen molar-refractivity contribution < 1.29 is 9.13 Å². The summed E-state index contributed by atoms with van der Waals surface area (Å²) in [5.74, 6) is 0.237. The van der Waals surface area contributed by atoms with Gasteiger partial charge in [-0.3, -0.25) is 0 Å². The van der Waals surface area contributed by atoms with Crippen LogP contribution >= 0.6 is 22.6 Å². The van der Waals surface area contributed by atoms with Crippen LogP contribution in [0.4, 0.5) is 10.1 Å². The lowest BCUT2D eigenvalue weighted by Crippen LogP contribution is -1.94. The van der Waals surface area contributed by atoms with Crippen LogP contribution in [0.3, 0.4) is 0 Å². The summed E-state index contributed by atoms with van der Waals surface area (Å²) in [5.41, 5.74) is 6.26. The van der Waals surface area contributed by atoms with E-state index in [0.717, 1.165) is 3.57 Å². The largest absolute Gasteiger partial charge is 0.452 e. The highest BCUT2D eigenvalue weighted by atomic mass is 127. The first-order chi connectivity index (χ1) is 7.66. The number of hydrogen-bond acceptors (Lipinski definition) is 2. The van der Waals surface area contributed by atoms with Crippen LogP contribution in [-0.2, 0) is 0 Å². The van der Waals surface area contributed by atoms with E-state index in [1.165, 1.54) is 6.07 Å². The van der Waals surface area contributed by atoms with E-state index in [0.29, 0.717) is 11.4 Å². The number of benzene rings is 2. The second-order valence-corrected chi connectivity index (χ2v) is 4.46. The third-order valence-corrected chi connectivity index (χ3v) is 2.70. The van der Waals surface area contributed by atoms with Crippen LogP contribution in [0, 0.1) is 9.39 Å². The molecule has 4 heteroatoms. The summed E-state index contributed by atoms with van der Waals surface area (Å²) in [5, 5.41) is 0. The summed E-state index contributed by atoms with van der Waals surface area (Å²) in [6, 6.07) is 11.6. The van der Waals surface area contributed by atoms with Crippen LogP contribution in [0.15, 0.2) is 42.5 Å². The zero-order valence-electron chi connectivity index (χ0n) is 8.28. The summed E-state index contributed by atoms with van der Waals surface area (Å²) >= 11 is 2.15. The van der Waals surface area contributed by atoms with Gasteiger partial charge in [-0.1, -0.05) is 12.1 Å². The Kier molecular flexibility index (Phi) is 3.28. The number of nitrogens with two attached hydrogens (primary N) is 1. The van der Waals surface area contributed by atoms with Gasteiger partial charge in [0.25, 0.3) is 0 Å². The highest BCUT2D eigenvalue weighted by molar-refractivity contribution is 14.1. The number of halogens is 2. The fourth-order valence-corrected chi connectivity index (χ4v) is 1.77. The maximum atomic E-state index is 13.3. The molecular weight excluding hydrogens is 320 g/mol. The molecule has 2 N–H and O–H groups in total. The molecule has 0 aliphatic carbocycles. The van der Waals surface area contributed by atoms with E-state index in [1.54, 1.807) is 30.3 Å². The molecule has 0 bridgehead atoms. The van der Waals surface area contributed by atoms with Crippen molar-refractivity contribution in [1.82, 2.24) is 0 Å². The summed E-state index contributed by atoms with van der Waals surface area (Å²) in [7, 11) is 0. The van der Waals surface area contributed by atoms with Gasteiger partial charge in [-0.2, -0.15) is 0 Å². The lowest BCUT2D eigenvalue weighted by atomic mass is 10.3. The Balaban J connectivity index is 2.31. The van der Waals surface area contributed by atoms with Crippen LogP contribution < -0.4 is 10.5 Å². The number of anilines is 1. The van der Waals surface area contributed by atoms with Crippen LogP contribution in [-0.4, -0.2) is 0 Å². The monoisotopic (exact) mass is 329 g/mol. The number of ether oxygens (including phenoxy) is 1. The number of rotatable bonds is 2. The van der Waals surface area contributed by atoms with Gasteiger partial charge in [0.1, 0.15) is 0 Å². The Morgan fingerprint density at radius 1 is 1.06 bits per heavy atom. The molecule has 16 heavy (non-hydrogen) atoms. The first-order valence-corrected chi connectivity index (χ1v) is 5.72. The normalized spacial score (nSPS) is 10.1. The van der Waals surface area contributed by atoms with Gasteiger partial charge in [0, 0.05) is 3.57 Å². The van der Waals surface area contributed by atoms with Crippen molar-refractivity contribution in [2.45, 2.75) is 0 Å². The predicted octanol–water partition coefficient (Wildman–Crippen LogP) is 3.80. The van der Waals surface area contributed by atoms with Crippen LogP contribution in [0.5, 0.6) is 11.5 Å². The van der Waals surface area contributed by atoms with Gasteiger partial charge < -0.3 is 10.5 Å². The molecular formula is C12H9FINO. The van der Waals surface area contributed by atoms with Crippen molar-refractivity contribution >= 4 is 28.3 Å². The Labute approximate surface area is 106 Å². The molecule has 0 aromatic heterocycles. The molecule has 0 fully saturated rings. The third-order valence-electron chi connectivity index (χ3n) is 2.03. The van der Waals surface area contributed by atoms with Gasteiger partial charge >= 0.3 is 0 Å². The quantitative estimate of drug-likeness (QED) is 0.672. The summed E-state index contributed by atoms with van der Waals surface area (Å²) in [4.78, 5) is 0. The molecule has 0 saturated carbocycles. The zero-order valence-corrected chi connectivity index (χ0v) is 10.4. The third kappa shape index (κ3) is 2.44. The summed E-state index contributed by atoms with van der Waals surface area (Å²) < 4.78 is 19.7. The SMILES string of the molecule is Nc1cc(I)ccc1Oc1ccccc1F. The highest BCUT2D eigenvalue weighted by Crippen LogP contribution is 2.29. The van der Waals surface area contributed by atoms with E-state index in [4.69, 9.17) is 10.5 Å². The maximum absolute atomic E-state index is 13.3. The van der Waals surface area contributed by atoms with Gasteiger partial charge in [0.15, 0.2) is 17.3 Å². The minimum atomic E-state index is -0.402. The molecule has 0 heterocycles. The van der Waals surface area contributed by atoms with Gasteiger partial charge in [-0.15, -0.1) is 0 Å². The topological polar surface area (TPSA) is 35.2 Å². The fourth-order valence-electron chi connectivity index (χ4n) is 1.26. The van der Waals surface area contributed by atoms with E-state index in [2.05, 4.69) is 22.6 Å². The van der Waals surface area contributed by atoms with Crippen molar-refractivity contribution in [1.29, 1.82) is 0 Å². The number of para-hydroxylation sites is 1. The minimum Gasteiger partial charge on any atom is -0.452 e. The van der Waals surface area contributed by atoms with Gasteiger partial charge in [0.05, 0.1) is 5.69 Å². The fraction of sp³-hybridized carbons (Fsp3) is 0. The van der Waals surface area contributed by atoms with Crippen molar-refractivity contribution in [2.75, 3.05) is 5.73 Å². The molecule has 0 saturated heterocycles. The summed E-state index contributed by atoms with van der Waals surface area (Å²) in [6.07, 6.45) is 0. The van der Waals surface area contributed by atoms with E-state index in [9.17, 15) is 4.39 Å². The molecule has 2 nitrogen and oxygen atoms in total. The van der Waals surface area contributed by atoms with Gasteiger partial charge in [-0.05, 0) is 52.9 Å². The van der Waals surface area contributed by atoms with Crippen LogP contribution in [0.2, 0.25) is 0 Å². The Morgan fingerprint density at radius 3 is 2.50 bits per heavy atom. The van der Waals surface area contributed by atoms with Crippen molar-refractivity contribution in [3.63, 3.8) is 0 Å². The Hall–Kier alpha value is -1.30. The lowest BCUT2D eigenvalue weighted by Gasteiger charge is -2.09. The maximum Gasteiger partial charge on any atom is 0.165 e. The van der Waals surface area contributed by atoms with E-state index >= 15 is 0 Å². The number of hydrogen-bond donors (Lipinski definition) is 1. The standard InChI is InChI=1S/C12H9FINO/c13-9-3-1-2-4-11(9)16-12-6-5-8(14)7-10(12)15/h1-7H,15H2. The molecule has 82 valence electrons. The molecule has 0 aliphatic heterocycles. The molecule has 0 amide bonds. The molecule has 0 aliphatic rings. The zero-order chi connectivity index (χ0) is 11.5. The van der Waals surface area contributed by atoms with E-state index < -0.39 is 5.82 Å². The first kappa shape index (κ1) is 11.2. The number of nitrogen functional groups attached to an aromatic ring is 1. The molecule has 0 unspecified atom stereocenters. The Morgan fingerprint density at radius 2 is 1.81 bits per heavy atom. The molecule has 2 rings (SSSR count). The predicted molar refractivity (Wildman–Crippen MR) is 70.0 cm³/mol. The van der Waals surface area contributed by atoms with Gasteiger partial charge in [0.2, 0.25) is 0 Å². The highest BCUT2D eigenvalue weighted by Gasteiger charge is 2.06. The molecule has 2 aromatic rings. The van der Waals surface area contributed by atoms with Crippen LogP contribution in [0.1, 0.15) is 0 Å². The van der Waals surface area contributed by atoms with E-state index in [-0.39, 0.29) is 5.75 Å². The second-order valence-electron chi connectivity index (χ2n) is 3.21. The average molecular weight is 329 g/mol. The first-order valence-electron chi connectivity index (χ1n) is 4.64. The van der Waals surface area contributed by atoms with E-state index in [1.807, 2.05) is 6.07 Å². The molecule has 2 aromatic carbocycles. The van der Waals surface area contributed by atoms with Crippen LogP contribution in [0.25, 0.3) is 0 Å². The van der Waals surface area contributed by atoms with Gasteiger partial charge in [-0.25, -0.2) is 4.39 Å². The van der Waals surface area contributed by atoms with Crippen molar-refractivity contribution in [3.8, 4) is 11.5 Å². The summed E-state index contributed by atoms with van der Waals surface area (Å²) in [6.45, 7) is 0. The van der Waals surface area contributed by atoms with Crippen molar-refractivity contribution in [3.05, 3.63) is 51.9 Å². The molecule has 0 atom stereocenters. The molecule has 0 spiro atoms. The second kappa shape index (κ2) is 4.69. The van der Waals surface area contributed by atoms with Crippen molar-refractivity contribution in [2.24, 2.45) is 0 Å². The minimum absolute atomic E-state index is 0.176. The Bertz CT molecular complexity index is 516. The average Bonchev–Trinajstić information content (AvgIpc) is 2.25. The molecule has 0 radical (unpaired) electrons.